The molecule has 2 aliphatic rings. The van der Waals surface area contributed by atoms with E-state index in [1.807, 2.05) is 0 Å². The SMILES string of the molecule is COc1ccc2nc(C(F)(F)CCCCC3CCC4CC34)c(=O)[nH]c2c1. The Hall–Kier alpha value is -1.98. The zero-order chi connectivity index (χ0) is 18.3. The first kappa shape index (κ1) is 17.4. The summed E-state index contributed by atoms with van der Waals surface area (Å²) >= 11 is 0. The smallest absolute Gasteiger partial charge is 0.295 e. The van der Waals surface area contributed by atoms with E-state index >= 15 is 0 Å². The zero-order valence-corrected chi connectivity index (χ0v) is 14.9. The van der Waals surface area contributed by atoms with Crippen molar-refractivity contribution in [2.75, 3.05) is 7.11 Å². The third kappa shape index (κ3) is 3.33. The fourth-order valence-electron chi connectivity index (χ4n) is 4.49. The summed E-state index contributed by atoms with van der Waals surface area (Å²) in [6.07, 6.45) is 5.87. The third-order valence-electron chi connectivity index (χ3n) is 6.05. The molecule has 0 saturated heterocycles. The molecular weight excluding hydrogens is 338 g/mol. The predicted molar refractivity (Wildman–Crippen MR) is 95.6 cm³/mol. The highest BCUT2D eigenvalue weighted by atomic mass is 19.3. The molecule has 2 aromatic rings. The van der Waals surface area contributed by atoms with Gasteiger partial charge in [-0.15, -0.1) is 0 Å². The molecular formula is C20H24F2N2O2. The van der Waals surface area contributed by atoms with Gasteiger partial charge in [-0.1, -0.05) is 12.8 Å². The molecule has 4 nitrogen and oxygen atoms in total. The number of fused-ring (bicyclic) bond motifs is 2. The summed E-state index contributed by atoms with van der Waals surface area (Å²) in [5.74, 6) is -0.123. The minimum absolute atomic E-state index is 0.328. The van der Waals surface area contributed by atoms with Gasteiger partial charge in [0.1, 0.15) is 5.75 Å². The summed E-state index contributed by atoms with van der Waals surface area (Å²) in [5, 5.41) is 0. The number of aromatic amines is 1. The lowest BCUT2D eigenvalue weighted by Crippen LogP contribution is -2.27. The number of H-pyrrole nitrogens is 1. The molecule has 26 heavy (non-hydrogen) atoms. The second-order valence-corrected chi connectivity index (χ2v) is 7.74. The molecule has 1 aromatic heterocycles. The normalized spacial score (nSPS) is 24.7. The van der Waals surface area contributed by atoms with E-state index < -0.39 is 17.2 Å². The minimum Gasteiger partial charge on any atom is -0.497 e. The molecule has 1 heterocycles. The Bertz CT molecular complexity index is 865. The summed E-state index contributed by atoms with van der Waals surface area (Å²) in [6.45, 7) is 0. The number of halogens is 2. The number of hydrogen-bond acceptors (Lipinski definition) is 3. The van der Waals surface area contributed by atoms with E-state index in [1.54, 1.807) is 18.2 Å². The number of benzene rings is 1. The fourth-order valence-corrected chi connectivity index (χ4v) is 4.49. The van der Waals surface area contributed by atoms with Crippen LogP contribution in [-0.4, -0.2) is 17.1 Å². The van der Waals surface area contributed by atoms with Crippen molar-refractivity contribution < 1.29 is 13.5 Å². The Morgan fingerprint density at radius 2 is 2.15 bits per heavy atom. The topological polar surface area (TPSA) is 55.0 Å². The lowest BCUT2D eigenvalue weighted by molar-refractivity contribution is -0.0216. The molecule has 1 aromatic carbocycles. The zero-order valence-electron chi connectivity index (χ0n) is 14.9. The first-order chi connectivity index (χ1) is 12.5. The van der Waals surface area contributed by atoms with Crippen LogP contribution in [0.4, 0.5) is 8.78 Å². The number of unbranched alkanes of at least 4 members (excludes halogenated alkanes) is 1. The summed E-state index contributed by atoms with van der Waals surface area (Å²) in [4.78, 5) is 18.6. The van der Waals surface area contributed by atoms with Crippen molar-refractivity contribution in [3.63, 3.8) is 0 Å². The molecule has 6 heteroatoms. The van der Waals surface area contributed by atoms with Gasteiger partial charge in [0, 0.05) is 12.5 Å². The van der Waals surface area contributed by atoms with Crippen LogP contribution >= 0.6 is 0 Å². The Labute approximate surface area is 151 Å². The van der Waals surface area contributed by atoms with Crippen molar-refractivity contribution in [2.45, 2.75) is 50.9 Å². The highest BCUT2D eigenvalue weighted by molar-refractivity contribution is 5.75. The molecule has 0 spiro atoms. The van der Waals surface area contributed by atoms with Gasteiger partial charge in [-0.3, -0.25) is 4.79 Å². The first-order valence-corrected chi connectivity index (χ1v) is 9.44. The van der Waals surface area contributed by atoms with E-state index in [-0.39, 0.29) is 6.42 Å². The maximum Gasteiger partial charge on any atom is 0.295 e. The molecule has 0 radical (unpaired) electrons. The second-order valence-electron chi connectivity index (χ2n) is 7.74. The molecule has 2 saturated carbocycles. The van der Waals surface area contributed by atoms with E-state index in [0.717, 1.165) is 30.6 Å². The van der Waals surface area contributed by atoms with Crippen LogP contribution < -0.4 is 10.3 Å². The largest absolute Gasteiger partial charge is 0.497 e. The number of methoxy groups -OCH3 is 1. The van der Waals surface area contributed by atoms with Gasteiger partial charge in [-0.05, 0) is 55.6 Å². The Balaban J connectivity index is 1.42. The van der Waals surface area contributed by atoms with Crippen LogP contribution in [0.5, 0.6) is 5.75 Å². The maximum atomic E-state index is 14.6. The van der Waals surface area contributed by atoms with Gasteiger partial charge in [0.25, 0.3) is 11.5 Å². The van der Waals surface area contributed by atoms with Crippen molar-refractivity contribution >= 4 is 11.0 Å². The number of ether oxygens (including phenoxy) is 1. The van der Waals surface area contributed by atoms with Gasteiger partial charge in [0.15, 0.2) is 5.69 Å². The summed E-state index contributed by atoms with van der Waals surface area (Å²) < 4.78 is 34.2. The van der Waals surface area contributed by atoms with E-state index in [2.05, 4.69) is 9.97 Å². The lowest BCUT2D eigenvalue weighted by Gasteiger charge is -2.16. The van der Waals surface area contributed by atoms with Crippen LogP contribution in [0.1, 0.15) is 50.6 Å². The number of nitrogens with zero attached hydrogens (tertiary/aromatic N) is 1. The van der Waals surface area contributed by atoms with Crippen molar-refractivity contribution in [3.8, 4) is 5.75 Å². The van der Waals surface area contributed by atoms with Gasteiger partial charge in [-0.25, -0.2) is 4.98 Å². The Morgan fingerprint density at radius 3 is 2.85 bits per heavy atom. The predicted octanol–water partition coefficient (Wildman–Crippen LogP) is 4.63. The first-order valence-electron chi connectivity index (χ1n) is 9.44. The number of hydrogen-bond donors (Lipinski definition) is 1. The van der Waals surface area contributed by atoms with Gasteiger partial charge >= 0.3 is 0 Å². The molecule has 3 atom stereocenters. The molecule has 0 amide bonds. The van der Waals surface area contributed by atoms with Crippen LogP contribution in [0.2, 0.25) is 0 Å². The standard InChI is InChI=1S/C20H24F2N2O2/c1-26-14-7-8-16-17(11-14)24-19(25)18(23-16)20(21,22)9-3-2-4-12-5-6-13-10-15(12)13/h7-8,11-13,15H,2-6,9-10H2,1H3,(H,24,25). The van der Waals surface area contributed by atoms with Crippen molar-refractivity contribution in [1.82, 2.24) is 9.97 Å². The van der Waals surface area contributed by atoms with Crippen LogP contribution in [0.3, 0.4) is 0 Å². The highest BCUT2D eigenvalue weighted by Gasteiger charge is 2.47. The monoisotopic (exact) mass is 362 g/mol. The van der Waals surface area contributed by atoms with Crippen LogP contribution in [0.15, 0.2) is 23.0 Å². The molecule has 1 N–H and O–H groups in total. The van der Waals surface area contributed by atoms with E-state index in [0.29, 0.717) is 23.2 Å². The van der Waals surface area contributed by atoms with Gasteiger partial charge < -0.3 is 9.72 Å². The average Bonchev–Trinajstić information content (AvgIpc) is 3.30. The minimum atomic E-state index is -3.21. The third-order valence-corrected chi connectivity index (χ3v) is 6.05. The van der Waals surface area contributed by atoms with Crippen LogP contribution in [0.25, 0.3) is 11.0 Å². The molecule has 140 valence electrons. The average molecular weight is 362 g/mol. The van der Waals surface area contributed by atoms with E-state index in [4.69, 9.17) is 4.74 Å². The summed E-state index contributed by atoms with van der Waals surface area (Å²) in [6, 6.07) is 4.80. The second kappa shape index (κ2) is 6.63. The number of aromatic nitrogens is 2. The maximum absolute atomic E-state index is 14.6. The van der Waals surface area contributed by atoms with Crippen molar-refractivity contribution in [2.24, 2.45) is 17.8 Å². The summed E-state index contributed by atoms with van der Waals surface area (Å²) in [5.41, 5.74) is -0.773. The molecule has 0 aliphatic heterocycles. The summed E-state index contributed by atoms with van der Waals surface area (Å²) in [7, 11) is 1.50. The molecule has 3 unspecified atom stereocenters. The quantitative estimate of drug-likeness (QED) is 0.731. The van der Waals surface area contributed by atoms with Crippen molar-refractivity contribution in [1.29, 1.82) is 0 Å². The Kier molecular flexibility index (Phi) is 4.45. The fraction of sp³-hybridized carbons (Fsp3) is 0.600. The molecule has 2 fully saturated rings. The van der Waals surface area contributed by atoms with E-state index in [9.17, 15) is 13.6 Å². The number of nitrogens with one attached hydrogen (secondary N) is 1. The lowest BCUT2D eigenvalue weighted by atomic mass is 9.95. The van der Waals surface area contributed by atoms with Crippen molar-refractivity contribution in [3.05, 3.63) is 34.2 Å². The van der Waals surface area contributed by atoms with Gasteiger partial charge in [0.2, 0.25) is 0 Å². The molecule has 0 bridgehead atoms. The van der Waals surface area contributed by atoms with Gasteiger partial charge in [0.05, 0.1) is 18.1 Å². The molecule has 4 rings (SSSR count). The highest BCUT2D eigenvalue weighted by Crippen LogP contribution is 2.56. The van der Waals surface area contributed by atoms with Crippen LogP contribution in [0, 0.1) is 17.8 Å². The van der Waals surface area contributed by atoms with Gasteiger partial charge in [-0.2, -0.15) is 8.78 Å². The number of rotatable bonds is 7. The molecule has 2 aliphatic carbocycles. The van der Waals surface area contributed by atoms with E-state index in [1.165, 1.54) is 26.4 Å². The Morgan fingerprint density at radius 1 is 1.31 bits per heavy atom. The number of alkyl halides is 2. The van der Waals surface area contributed by atoms with Crippen LogP contribution in [-0.2, 0) is 5.92 Å².